The van der Waals surface area contributed by atoms with Gasteiger partial charge in [-0.15, -0.1) is 0 Å². The van der Waals surface area contributed by atoms with E-state index in [1.165, 1.54) is 12.1 Å². The molecule has 4 heteroatoms. The number of aromatic hydroxyl groups is 1. The first-order valence-corrected chi connectivity index (χ1v) is 7.46. The number of piperidine rings is 1. The van der Waals surface area contributed by atoms with Crippen molar-refractivity contribution in [1.82, 2.24) is 10.2 Å². The van der Waals surface area contributed by atoms with Crippen molar-refractivity contribution in [1.29, 1.82) is 0 Å². The summed E-state index contributed by atoms with van der Waals surface area (Å²) in [7, 11) is 0. The fourth-order valence-corrected chi connectivity index (χ4v) is 2.91. The van der Waals surface area contributed by atoms with E-state index < -0.39 is 5.82 Å². The highest BCUT2D eigenvalue weighted by Gasteiger charge is 2.22. The second-order valence-electron chi connectivity index (χ2n) is 6.00. The van der Waals surface area contributed by atoms with Crippen LogP contribution in [0.5, 0.6) is 5.75 Å². The summed E-state index contributed by atoms with van der Waals surface area (Å²) in [6, 6.07) is 5.33. The molecule has 1 saturated heterocycles. The van der Waals surface area contributed by atoms with Crippen LogP contribution in [-0.2, 0) is 0 Å². The van der Waals surface area contributed by atoms with Crippen molar-refractivity contribution in [3.8, 4) is 5.75 Å². The number of nitrogens with zero attached hydrogens (tertiary/aromatic N) is 1. The average Bonchev–Trinajstić information content (AvgIpc) is 2.39. The molecule has 2 N–H and O–H groups in total. The molecule has 1 heterocycles. The fourth-order valence-electron chi connectivity index (χ4n) is 2.91. The Morgan fingerprint density at radius 3 is 2.45 bits per heavy atom. The summed E-state index contributed by atoms with van der Waals surface area (Å²) in [6.07, 6.45) is 2.23. The monoisotopic (exact) mass is 280 g/mol. The van der Waals surface area contributed by atoms with Gasteiger partial charge in [-0.05, 0) is 52.8 Å². The van der Waals surface area contributed by atoms with E-state index in [1.807, 2.05) is 6.92 Å². The number of likely N-dealkylation sites (tertiary alicyclic amines) is 1. The molecule has 1 unspecified atom stereocenters. The van der Waals surface area contributed by atoms with Gasteiger partial charge in [0, 0.05) is 29.8 Å². The van der Waals surface area contributed by atoms with E-state index in [9.17, 15) is 9.50 Å². The number of nitrogens with one attached hydrogen (secondary N) is 1. The molecule has 0 bridgehead atoms. The molecule has 0 radical (unpaired) electrons. The summed E-state index contributed by atoms with van der Waals surface area (Å²) in [5, 5.41) is 13.4. The van der Waals surface area contributed by atoms with Gasteiger partial charge in [0.25, 0.3) is 0 Å². The van der Waals surface area contributed by atoms with Crippen molar-refractivity contribution in [2.45, 2.75) is 51.7 Å². The highest BCUT2D eigenvalue weighted by molar-refractivity contribution is 5.34. The SMILES string of the molecule is CC(NC1CCN(C(C)C)CC1)c1ccc(F)cc1O. The predicted octanol–water partition coefficient (Wildman–Crippen LogP) is 3.05. The van der Waals surface area contributed by atoms with Gasteiger partial charge in [-0.3, -0.25) is 0 Å². The van der Waals surface area contributed by atoms with E-state index in [0.717, 1.165) is 31.5 Å². The molecule has 0 aliphatic carbocycles. The Kier molecular flexibility index (Phi) is 5.00. The summed E-state index contributed by atoms with van der Waals surface area (Å²) in [5.41, 5.74) is 0.762. The lowest BCUT2D eigenvalue weighted by Crippen LogP contribution is -2.45. The highest BCUT2D eigenvalue weighted by atomic mass is 19.1. The lowest BCUT2D eigenvalue weighted by atomic mass is 10.0. The quantitative estimate of drug-likeness (QED) is 0.890. The van der Waals surface area contributed by atoms with Crippen LogP contribution in [0.15, 0.2) is 18.2 Å². The first-order chi connectivity index (χ1) is 9.47. The van der Waals surface area contributed by atoms with Crippen molar-refractivity contribution in [2.24, 2.45) is 0 Å². The van der Waals surface area contributed by atoms with Gasteiger partial charge in [0.05, 0.1) is 0 Å². The second-order valence-corrected chi connectivity index (χ2v) is 6.00. The summed E-state index contributed by atoms with van der Waals surface area (Å²) in [5.74, 6) is -0.367. The predicted molar refractivity (Wildman–Crippen MR) is 79.3 cm³/mol. The van der Waals surface area contributed by atoms with Crippen LogP contribution in [0.4, 0.5) is 4.39 Å². The van der Waals surface area contributed by atoms with Crippen molar-refractivity contribution in [3.63, 3.8) is 0 Å². The van der Waals surface area contributed by atoms with Crippen LogP contribution < -0.4 is 5.32 Å². The van der Waals surface area contributed by atoms with Crippen LogP contribution in [0, 0.1) is 5.82 Å². The Balaban J connectivity index is 1.90. The zero-order valence-electron chi connectivity index (χ0n) is 12.6. The van der Waals surface area contributed by atoms with Gasteiger partial charge in [-0.2, -0.15) is 0 Å². The number of halogens is 1. The van der Waals surface area contributed by atoms with E-state index in [-0.39, 0.29) is 11.8 Å². The molecule has 0 saturated carbocycles. The number of rotatable bonds is 4. The van der Waals surface area contributed by atoms with Crippen molar-refractivity contribution in [2.75, 3.05) is 13.1 Å². The molecular formula is C16H25FN2O. The molecule has 112 valence electrons. The van der Waals surface area contributed by atoms with Crippen molar-refractivity contribution < 1.29 is 9.50 Å². The molecular weight excluding hydrogens is 255 g/mol. The van der Waals surface area contributed by atoms with Crippen LogP contribution in [0.25, 0.3) is 0 Å². The van der Waals surface area contributed by atoms with E-state index in [0.29, 0.717) is 12.1 Å². The second kappa shape index (κ2) is 6.55. The lowest BCUT2D eigenvalue weighted by molar-refractivity contribution is 0.157. The van der Waals surface area contributed by atoms with Crippen LogP contribution in [0.1, 0.15) is 45.2 Å². The third-order valence-electron chi connectivity index (χ3n) is 4.20. The number of phenolic OH excluding ortho intramolecular Hbond substituents is 1. The number of phenols is 1. The smallest absolute Gasteiger partial charge is 0.126 e. The Morgan fingerprint density at radius 2 is 1.90 bits per heavy atom. The summed E-state index contributed by atoms with van der Waals surface area (Å²) in [6.45, 7) is 8.69. The standard InChI is InChI=1S/C16H25FN2O/c1-11(2)19-8-6-14(7-9-19)18-12(3)15-5-4-13(17)10-16(15)20/h4-5,10-12,14,18,20H,6-9H2,1-3H3. The topological polar surface area (TPSA) is 35.5 Å². The molecule has 20 heavy (non-hydrogen) atoms. The average molecular weight is 280 g/mol. The van der Waals surface area contributed by atoms with Crippen LogP contribution in [0.2, 0.25) is 0 Å². The Morgan fingerprint density at radius 1 is 1.25 bits per heavy atom. The van der Waals surface area contributed by atoms with E-state index in [4.69, 9.17) is 0 Å². The maximum Gasteiger partial charge on any atom is 0.126 e. The third kappa shape index (κ3) is 3.70. The van der Waals surface area contributed by atoms with E-state index >= 15 is 0 Å². The molecule has 1 fully saturated rings. The van der Waals surface area contributed by atoms with Crippen molar-refractivity contribution in [3.05, 3.63) is 29.6 Å². The minimum Gasteiger partial charge on any atom is -0.508 e. The van der Waals surface area contributed by atoms with Gasteiger partial charge in [0.1, 0.15) is 11.6 Å². The molecule has 0 spiro atoms. The van der Waals surface area contributed by atoms with Gasteiger partial charge < -0.3 is 15.3 Å². The molecule has 1 aliphatic rings. The molecule has 1 aliphatic heterocycles. The first-order valence-electron chi connectivity index (χ1n) is 7.46. The van der Waals surface area contributed by atoms with Crippen molar-refractivity contribution >= 4 is 0 Å². The van der Waals surface area contributed by atoms with E-state index in [2.05, 4.69) is 24.1 Å². The maximum atomic E-state index is 13.0. The molecule has 0 amide bonds. The fraction of sp³-hybridized carbons (Fsp3) is 0.625. The zero-order valence-corrected chi connectivity index (χ0v) is 12.6. The molecule has 0 aromatic heterocycles. The number of hydrogen-bond donors (Lipinski definition) is 2. The maximum absolute atomic E-state index is 13.0. The third-order valence-corrected chi connectivity index (χ3v) is 4.20. The largest absolute Gasteiger partial charge is 0.508 e. The van der Waals surface area contributed by atoms with E-state index in [1.54, 1.807) is 6.07 Å². The molecule has 2 rings (SSSR count). The Hall–Kier alpha value is -1.13. The van der Waals surface area contributed by atoms with Crippen LogP contribution in [0.3, 0.4) is 0 Å². The Bertz CT molecular complexity index is 442. The molecule has 1 aromatic carbocycles. The van der Waals surface area contributed by atoms with Gasteiger partial charge in [0.2, 0.25) is 0 Å². The minimum atomic E-state index is -0.399. The summed E-state index contributed by atoms with van der Waals surface area (Å²) >= 11 is 0. The number of hydrogen-bond acceptors (Lipinski definition) is 3. The lowest BCUT2D eigenvalue weighted by Gasteiger charge is -2.36. The first kappa shape index (κ1) is 15.3. The molecule has 1 aromatic rings. The van der Waals surface area contributed by atoms with Crippen LogP contribution >= 0.6 is 0 Å². The zero-order chi connectivity index (χ0) is 14.7. The van der Waals surface area contributed by atoms with Gasteiger partial charge in [0.15, 0.2) is 0 Å². The molecule has 1 atom stereocenters. The highest BCUT2D eigenvalue weighted by Crippen LogP contribution is 2.26. The minimum absolute atomic E-state index is 0.0321. The Labute approximate surface area is 120 Å². The summed E-state index contributed by atoms with van der Waals surface area (Å²) in [4.78, 5) is 2.48. The van der Waals surface area contributed by atoms with Gasteiger partial charge >= 0.3 is 0 Å². The number of benzene rings is 1. The normalized spacial score (nSPS) is 19.4. The molecule has 3 nitrogen and oxygen atoms in total. The van der Waals surface area contributed by atoms with Gasteiger partial charge in [-0.25, -0.2) is 4.39 Å². The van der Waals surface area contributed by atoms with Crippen LogP contribution in [-0.4, -0.2) is 35.2 Å². The summed E-state index contributed by atoms with van der Waals surface area (Å²) < 4.78 is 13.0. The van der Waals surface area contributed by atoms with Gasteiger partial charge in [-0.1, -0.05) is 6.07 Å².